The highest BCUT2D eigenvalue weighted by atomic mass is 19.1. The second-order valence-electron chi connectivity index (χ2n) is 5.93. The number of nitrogens with one attached hydrogen (secondary N) is 1. The molecule has 1 atom stereocenters. The van der Waals surface area contributed by atoms with Gasteiger partial charge in [0.25, 0.3) is 0 Å². The number of morpholine rings is 1. The van der Waals surface area contributed by atoms with E-state index in [1.807, 2.05) is 24.3 Å². The number of aliphatic imine (C=N–C) groups is 1. The fourth-order valence-electron chi connectivity index (χ4n) is 3.00. The number of quaternary nitrogens is 1. The third kappa shape index (κ3) is 4.19. The van der Waals surface area contributed by atoms with Gasteiger partial charge >= 0.3 is 0 Å². The topological polar surface area (TPSA) is 46.3 Å². The molecule has 2 N–H and O–H groups in total. The summed E-state index contributed by atoms with van der Waals surface area (Å²) >= 11 is 0. The van der Waals surface area contributed by atoms with Crippen molar-refractivity contribution in [1.82, 2.24) is 0 Å². The van der Waals surface area contributed by atoms with Crippen molar-refractivity contribution in [2.24, 2.45) is 4.99 Å². The van der Waals surface area contributed by atoms with Gasteiger partial charge in [0.2, 0.25) is 0 Å². The summed E-state index contributed by atoms with van der Waals surface area (Å²) in [4.78, 5) is 5.93. The summed E-state index contributed by atoms with van der Waals surface area (Å²) in [5.41, 5.74) is 1.77. The predicted octanol–water partition coefficient (Wildman–Crippen LogP) is 1.61. The summed E-state index contributed by atoms with van der Waals surface area (Å²) in [7, 11) is 0. The van der Waals surface area contributed by atoms with Gasteiger partial charge in [-0.1, -0.05) is 24.3 Å². The Hall–Kier alpha value is -2.24. The summed E-state index contributed by atoms with van der Waals surface area (Å²) in [5, 5.41) is 9.82. The maximum atomic E-state index is 13.2. The van der Waals surface area contributed by atoms with Gasteiger partial charge in [0, 0.05) is 17.3 Å². The maximum Gasteiger partial charge on any atom is 0.133 e. The number of phenolic OH excluding ortho intramolecular Hbond substituents is 1. The predicted molar refractivity (Wildman–Crippen MR) is 91.2 cm³/mol. The number of hydrogen-bond acceptors (Lipinski definition) is 3. The number of hydrogen-bond donors (Lipinski definition) is 2. The normalized spacial score (nSPS) is 17.2. The molecule has 1 heterocycles. The minimum atomic E-state index is -0.229. The van der Waals surface area contributed by atoms with Gasteiger partial charge in [-0.05, 0) is 24.3 Å². The monoisotopic (exact) mass is 329 g/mol. The molecule has 0 spiro atoms. The van der Waals surface area contributed by atoms with Crippen molar-refractivity contribution in [3.8, 4) is 5.75 Å². The molecule has 0 amide bonds. The summed E-state index contributed by atoms with van der Waals surface area (Å²) < 4.78 is 18.7. The molecule has 2 aromatic rings. The van der Waals surface area contributed by atoms with Crippen molar-refractivity contribution < 1.29 is 19.1 Å². The van der Waals surface area contributed by atoms with Crippen LogP contribution in [0.3, 0.4) is 0 Å². The zero-order chi connectivity index (χ0) is 16.8. The summed E-state index contributed by atoms with van der Waals surface area (Å²) in [5.74, 6) is -0.00881. The fourth-order valence-corrected chi connectivity index (χ4v) is 3.00. The lowest BCUT2D eigenvalue weighted by atomic mass is 10.0. The van der Waals surface area contributed by atoms with Crippen molar-refractivity contribution in [3.63, 3.8) is 0 Å². The molecule has 126 valence electrons. The highest BCUT2D eigenvalue weighted by Gasteiger charge is 2.26. The summed E-state index contributed by atoms with van der Waals surface area (Å²) in [6, 6.07) is 13.9. The smallest absolute Gasteiger partial charge is 0.133 e. The Morgan fingerprint density at radius 2 is 1.83 bits per heavy atom. The van der Waals surface area contributed by atoms with Gasteiger partial charge in [-0.15, -0.1) is 0 Å². The van der Waals surface area contributed by atoms with Gasteiger partial charge in [0.1, 0.15) is 30.7 Å². The molecule has 0 saturated carbocycles. The van der Waals surface area contributed by atoms with Crippen molar-refractivity contribution in [2.75, 3.05) is 32.8 Å². The molecule has 0 unspecified atom stereocenters. The molecule has 0 aliphatic carbocycles. The Morgan fingerprint density at radius 3 is 2.54 bits per heavy atom. The second kappa shape index (κ2) is 8.04. The zero-order valence-corrected chi connectivity index (χ0v) is 13.5. The molecule has 1 aliphatic rings. The molecule has 4 nitrogen and oxygen atoms in total. The Morgan fingerprint density at radius 1 is 1.12 bits per heavy atom. The molecular formula is C19H22FN2O2+. The number of halogens is 1. The number of phenols is 1. The van der Waals surface area contributed by atoms with Crippen LogP contribution in [-0.4, -0.2) is 44.2 Å². The van der Waals surface area contributed by atoms with Gasteiger partial charge in [0.05, 0.1) is 19.8 Å². The van der Waals surface area contributed by atoms with Crippen LogP contribution < -0.4 is 4.90 Å². The molecule has 3 rings (SSSR count). The molecule has 1 fully saturated rings. The number of para-hydroxylation sites is 1. The minimum Gasteiger partial charge on any atom is -0.507 e. The van der Waals surface area contributed by atoms with E-state index in [2.05, 4.69) is 4.99 Å². The summed E-state index contributed by atoms with van der Waals surface area (Å²) in [6.07, 6.45) is 1.70. The quantitative estimate of drug-likeness (QED) is 0.819. The highest BCUT2D eigenvalue weighted by molar-refractivity contribution is 5.83. The van der Waals surface area contributed by atoms with Crippen molar-refractivity contribution in [1.29, 1.82) is 0 Å². The number of rotatable bonds is 5. The van der Waals surface area contributed by atoms with Crippen LogP contribution in [0.2, 0.25) is 0 Å². The molecule has 0 aromatic heterocycles. The first-order valence-corrected chi connectivity index (χ1v) is 8.19. The van der Waals surface area contributed by atoms with E-state index in [9.17, 15) is 9.50 Å². The van der Waals surface area contributed by atoms with E-state index in [0.29, 0.717) is 12.1 Å². The van der Waals surface area contributed by atoms with E-state index in [0.717, 1.165) is 31.9 Å². The number of nitrogens with zero attached hydrogens (tertiary/aromatic N) is 1. The summed E-state index contributed by atoms with van der Waals surface area (Å²) in [6.45, 7) is 3.87. The average Bonchev–Trinajstić information content (AvgIpc) is 2.62. The third-order valence-corrected chi connectivity index (χ3v) is 4.36. The first kappa shape index (κ1) is 16.6. The van der Waals surface area contributed by atoms with E-state index in [-0.39, 0.29) is 17.6 Å². The van der Waals surface area contributed by atoms with Gasteiger partial charge in [-0.3, -0.25) is 4.99 Å². The molecule has 2 aromatic carbocycles. The number of ether oxygens (including phenoxy) is 1. The Labute approximate surface area is 141 Å². The molecule has 0 bridgehead atoms. The largest absolute Gasteiger partial charge is 0.507 e. The lowest BCUT2D eigenvalue weighted by molar-refractivity contribution is -0.937. The van der Waals surface area contributed by atoms with Crippen LogP contribution >= 0.6 is 0 Å². The van der Waals surface area contributed by atoms with Crippen molar-refractivity contribution in [2.45, 2.75) is 6.04 Å². The van der Waals surface area contributed by atoms with Crippen LogP contribution in [0.4, 0.5) is 4.39 Å². The molecule has 1 aliphatic heterocycles. The van der Waals surface area contributed by atoms with E-state index in [1.165, 1.54) is 17.0 Å². The molecule has 24 heavy (non-hydrogen) atoms. The third-order valence-electron chi connectivity index (χ3n) is 4.36. The lowest BCUT2D eigenvalue weighted by Crippen LogP contribution is -3.14. The van der Waals surface area contributed by atoms with Crippen LogP contribution in [0.5, 0.6) is 5.75 Å². The molecular weight excluding hydrogens is 307 g/mol. The minimum absolute atomic E-state index is 0.150. The van der Waals surface area contributed by atoms with E-state index < -0.39 is 0 Å². The fraction of sp³-hybridized carbons (Fsp3) is 0.316. The van der Waals surface area contributed by atoms with Crippen molar-refractivity contribution >= 4 is 6.21 Å². The average molecular weight is 329 g/mol. The zero-order valence-electron chi connectivity index (χ0n) is 13.5. The number of aromatic hydroxyl groups is 1. The Balaban J connectivity index is 1.76. The van der Waals surface area contributed by atoms with Crippen LogP contribution in [-0.2, 0) is 4.74 Å². The van der Waals surface area contributed by atoms with Gasteiger partial charge < -0.3 is 14.7 Å². The second-order valence-corrected chi connectivity index (χ2v) is 5.93. The van der Waals surface area contributed by atoms with Crippen molar-refractivity contribution in [3.05, 3.63) is 65.5 Å². The highest BCUT2D eigenvalue weighted by Crippen LogP contribution is 2.15. The first-order valence-electron chi connectivity index (χ1n) is 8.19. The van der Waals surface area contributed by atoms with Crippen LogP contribution in [0.15, 0.2) is 53.5 Å². The first-order chi connectivity index (χ1) is 11.7. The maximum absolute atomic E-state index is 13.2. The standard InChI is InChI=1S/C19H21FN2O2/c20-17-7-5-15(6-8-17)18(22-9-11-24-12-10-22)14-21-13-16-3-1-2-4-19(16)23/h1-8,13,18,23H,9-12,14H2/p+1/t18-/m0/s1. The Bertz CT molecular complexity index is 682. The van der Waals surface area contributed by atoms with Gasteiger partial charge in [-0.2, -0.15) is 0 Å². The van der Waals surface area contributed by atoms with Gasteiger partial charge in [0.15, 0.2) is 0 Å². The van der Waals surface area contributed by atoms with Crippen LogP contribution in [0.1, 0.15) is 17.2 Å². The molecule has 1 saturated heterocycles. The Kier molecular flexibility index (Phi) is 5.56. The van der Waals surface area contributed by atoms with Crippen LogP contribution in [0, 0.1) is 5.82 Å². The molecule has 0 radical (unpaired) electrons. The van der Waals surface area contributed by atoms with E-state index in [4.69, 9.17) is 4.74 Å². The van der Waals surface area contributed by atoms with E-state index in [1.54, 1.807) is 18.3 Å². The van der Waals surface area contributed by atoms with Gasteiger partial charge in [-0.25, -0.2) is 4.39 Å². The SMILES string of the molecule is Oc1ccccc1C=NC[C@@H](c1ccc(F)cc1)[NH+]1CCOCC1. The van der Waals surface area contributed by atoms with Crippen LogP contribution in [0.25, 0.3) is 0 Å². The number of benzene rings is 2. The molecule has 5 heteroatoms. The lowest BCUT2D eigenvalue weighted by Gasteiger charge is -2.31. The van der Waals surface area contributed by atoms with E-state index >= 15 is 0 Å².